The molecule has 2 rings (SSSR count). The largest absolute Gasteiger partial charge is 0.497 e. The highest BCUT2D eigenvalue weighted by atomic mass is 16.5. The van der Waals surface area contributed by atoms with E-state index in [0.717, 1.165) is 29.3 Å². The fraction of sp³-hybridized carbons (Fsp3) is 0.400. The van der Waals surface area contributed by atoms with Crippen LogP contribution in [-0.2, 0) is 6.54 Å². The Morgan fingerprint density at radius 1 is 1.37 bits per heavy atom. The molecule has 0 spiro atoms. The van der Waals surface area contributed by atoms with Gasteiger partial charge in [-0.25, -0.2) is 0 Å². The van der Waals surface area contributed by atoms with E-state index >= 15 is 0 Å². The standard InChI is InChI=1S/C15H20N2O2/c1-10(13-6-5-7-14(8-13)18-4)16-9-15-11(2)17-19-12(15)3/h5-8,10,16H,9H2,1-4H3. The van der Waals surface area contributed by atoms with Crippen LogP contribution in [0.1, 0.15) is 35.5 Å². The molecule has 2 aromatic rings. The summed E-state index contributed by atoms with van der Waals surface area (Å²) in [6, 6.07) is 8.33. The highest BCUT2D eigenvalue weighted by Crippen LogP contribution is 2.20. The van der Waals surface area contributed by atoms with Crippen molar-refractivity contribution in [1.29, 1.82) is 0 Å². The summed E-state index contributed by atoms with van der Waals surface area (Å²) in [6.45, 7) is 6.78. The Morgan fingerprint density at radius 2 is 2.16 bits per heavy atom. The van der Waals surface area contributed by atoms with Gasteiger partial charge in [0.15, 0.2) is 0 Å². The van der Waals surface area contributed by atoms with Gasteiger partial charge in [0.05, 0.1) is 12.8 Å². The third-order valence-electron chi connectivity index (χ3n) is 3.36. The number of aryl methyl sites for hydroxylation is 2. The smallest absolute Gasteiger partial charge is 0.138 e. The molecule has 1 aromatic carbocycles. The fourth-order valence-electron chi connectivity index (χ4n) is 2.04. The van der Waals surface area contributed by atoms with Crippen molar-refractivity contribution in [1.82, 2.24) is 10.5 Å². The zero-order valence-electron chi connectivity index (χ0n) is 11.9. The molecule has 4 nitrogen and oxygen atoms in total. The van der Waals surface area contributed by atoms with Crippen molar-refractivity contribution >= 4 is 0 Å². The fourth-order valence-corrected chi connectivity index (χ4v) is 2.04. The first-order valence-corrected chi connectivity index (χ1v) is 6.41. The number of methoxy groups -OCH3 is 1. The lowest BCUT2D eigenvalue weighted by molar-refractivity contribution is 0.391. The van der Waals surface area contributed by atoms with Gasteiger partial charge in [-0.15, -0.1) is 0 Å². The van der Waals surface area contributed by atoms with E-state index in [-0.39, 0.29) is 6.04 Å². The van der Waals surface area contributed by atoms with E-state index in [2.05, 4.69) is 23.5 Å². The summed E-state index contributed by atoms with van der Waals surface area (Å²) in [4.78, 5) is 0. The Balaban J connectivity index is 2.03. The molecule has 1 atom stereocenters. The Hall–Kier alpha value is -1.81. The molecule has 4 heteroatoms. The van der Waals surface area contributed by atoms with Gasteiger partial charge in [0, 0.05) is 18.2 Å². The third kappa shape index (κ3) is 3.15. The lowest BCUT2D eigenvalue weighted by atomic mass is 10.1. The maximum Gasteiger partial charge on any atom is 0.138 e. The molecule has 0 bridgehead atoms. The first-order valence-electron chi connectivity index (χ1n) is 6.41. The van der Waals surface area contributed by atoms with Gasteiger partial charge in [0.1, 0.15) is 11.5 Å². The van der Waals surface area contributed by atoms with Gasteiger partial charge in [-0.1, -0.05) is 17.3 Å². The molecule has 0 aliphatic rings. The molecule has 1 N–H and O–H groups in total. The van der Waals surface area contributed by atoms with Crippen LogP contribution in [0.5, 0.6) is 5.75 Å². The van der Waals surface area contributed by atoms with E-state index in [1.807, 2.05) is 32.0 Å². The second-order valence-electron chi connectivity index (χ2n) is 4.68. The number of hydrogen-bond acceptors (Lipinski definition) is 4. The topological polar surface area (TPSA) is 47.3 Å². The maximum absolute atomic E-state index is 5.24. The van der Waals surface area contributed by atoms with Crippen molar-refractivity contribution in [3.63, 3.8) is 0 Å². The number of nitrogens with one attached hydrogen (secondary N) is 1. The highest BCUT2D eigenvalue weighted by Gasteiger charge is 2.11. The van der Waals surface area contributed by atoms with Crippen molar-refractivity contribution < 1.29 is 9.26 Å². The lowest BCUT2D eigenvalue weighted by Gasteiger charge is -2.15. The van der Waals surface area contributed by atoms with Gasteiger partial charge in [-0.3, -0.25) is 0 Å². The van der Waals surface area contributed by atoms with Crippen LogP contribution in [-0.4, -0.2) is 12.3 Å². The van der Waals surface area contributed by atoms with Gasteiger partial charge in [-0.2, -0.15) is 0 Å². The summed E-state index contributed by atoms with van der Waals surface area (Å²) in [6.07, 6.45) is 0. The van der Waals surface area contributed by atoms with Gasteiger partial charge in [-0.05, 0) is 38.5 Å². The molecule has 0 aliphatic carbocycles. The van der Waals surface area contributed by atoms with Crippen LogP contribution in [0.4, 0.5) is 0 Å². The van der Waals surface area contributed by atoms with Crippen LogP contribution in [0.15, 0.2) is 28.8 Å². The minimum atomic E-state index is 0.240. The van der Waals surface area contributed by atoms with E-state index in [0.29, 0.717) is 0 Å². The Labute approximate surface area is 113 Å². The lowest BCUT2D eigenvalue weighted by Crippen LogP contribution is -2.18. The molecule has 0 radical (unpaired) electrons. The zero-order valence-corrected chi connectivity index (χ0v) is 11.9. The summed E-state index contributed by atoms with van der Waals surface area (Å²) in [7, 11) is 1.68. The van der Waals surface area contributed by atoms with Gasteiger partial charge < -0.3 is 14.6 Å². The molecule has 0 aliphatic heterocycles. The molecule has 1 unspecified atom stereocenters. The number of nitrogens with zero attached hydrogens (tertiary/aromatic N) is 1. The van der Waals surface area contributed by atoms with E-state index in [9.17, 15) is 0 Å². The van der Waals surface area contributed by atoms with Crippen LogP contribution in [0, 0.1) is 13.8 Å². The number of rotatable bonds is 5. The summed E-state index contributed by atoms with van der Waals surface area (Å²) < 4.78 is 10.4. The van der Waals surface area contributed by atoms with Gasteiger partial charge in [0.25, 0.3) is 0 Å². The molecule has 0 fully saturated rings. The molecule has 0 amide bonds. The van der Waals surface area contributed by atoms with Crippen LogP contribution in [0.3, 0.4) is 0 Å². The third-order valence-corrected chi connectivity index (χ3v) is 3.36. The van der Waals surface area contributed by atoms with E-state index in [4.69, 9.17) is 9.26 Å². The van der Waals surface area contributed by atoms with Crippen molar-refractivity contribution in [2.24, 2.45) is 0 Å². The summed E-state index contributed by atoms with van der Waals surface area (Å²) in [5, 5.41) is 7.44. The Kier molecular flexibility index (Phi) is 4.22. The van der Waals surface area contributed by atoms with Gasteiger partial charge in [0.2, 0.25) is 0 Å². The quantitative estimate of drug-likeness (QED) is 0.897. The Morgan fingerprint density at radius 3 is 2.79 bits per heavy atom. The van der Waals surface area contributed by atoms with Crippen LogP contribution >= 0.6 is 0 Å². The summed E-state index contributed by atoms with van der Waals surface area (Å²) in [5.41, 5.74) is 3.28. The minimum Gasteiger partial charge on any atom is -0.497 e. The Bertz CT molecular complexity index is 529. The van der Waals surface area contributed by atoms with Gasteiger partial charge >= 0.3 is 0 Å². The first kappa shape index (κ1) is 13.6. The minimum absolute atomic E-state index is 0.240. The summed E-state index contributed by atoms with van der Waals surface area (Å²) in [5.74, 6) is 1.76. The van der Waals surface area contributed by atoms with E-state index < -0.39 is 0 Å². The molecule has 0 saturated heterocycles. The van der Waals surface area contributed by atoms with Crippen molar-refractivity contribution in [3.8, 4) is 5.75 Å². The number of aromatic nitrogens is 1. The number of ether oxygens (including phenoxy) is 1. The van der Waals surface area contributed by atoms with Crippen LogP contribution in [0.2, 0.25) is 0 Å². The van der Waals surface area contributed by atoms with Crippen LogP contribution < -0.4 is 10.1 Å². The zero-order chi connectivity index (χ0) is 13.8. The molecule has 1 aromatic heterocycles. The van der Waals surface area contributed by atoms with Crippen LogP contribution in [0.25, 0.3) is 0 Å². The van der Waals surface area contributed by atoms with E-state index in [1.54, 1.807) is 7.11 Å². The number of benzene rings is 1. The molecule has 19 heavy (non-hydrogen) atoms. The monoisotopic (exact) mass is 260 g/mol. The molecular formula is C15H20N2O2. The van der Waals surface area contributed by atoms with Crippen molar-refractivity contribution in [2.45, 2.75) is 33.4 Å². The predicted octanol–water partition coefficient (Wildman–Crippen LogP) is 3.15. The number of hydrogen-bond donors (Lipinski definition) is 1. The molecule has 102 valence electrons. The average Bonchev–Trinajstić information content (AvgIpc) is 2.75. The molecule has 1 heterocycles. The summed E-state index contributed by atoms with van der Waals surface area (Å²) >= 11 is 0. The SMILES string of the molecule is COc1cccc(C(C)NCc2c(C)noc2C)c1. The maximum atomic E-state index is 5.24. The van der Waals surface area contributed by atoms with Crippen molar-refractivity contribution in [2.75, 3.05) is 7.11 Å². The highest BCUT2D eigenvalue weighted by molar-refractivity contribution is 5.30. The normalized spacial score (nSPS) is 12.4. The molecule has 0 saturated carbocycles. The second kappa shape index (κ2) is 5.89. The predicted molar refractivity (Wildman–Crippen MR) is 74.2 cm³/mol. The van der Waals surface area contributed by atoms with Crippen molar-refractivity contribution in [3.05, 3.63) is 46.8 Å². The average molecular weight is 260 g/mol. The second-order valence-corrected chi connectivity index (χ2v) is 4.68. The first-order chi connectivity index (χ1) is 9.11. The molecular weight excluding hydrogens is 240 g/mol. The van der Waals surface area contributed by atoms with E-state index in [1.165, 1.54) is 5.56 Å².